The monoisotopic (exact) mass is 276 g/mol. The number of ketones is 1. The number of likely N-dealkylation sites (tertiary alicyclic amines) is 1. The molecule has 1 saturated heterocycles. The third kappa shape index (κ3) is 2.46. The average molecular weight is 276 g/mol. The molecule has 0 spiro atoms. The lowest BCUT2D eigenvalue weighted by Crippen LogP contribution is -2.60. The first kappa shape index (κ1) is 14.7. The van der Waals surface area contributed by atoms with E-state index in [-0.39, 0.29) is 0 Å². The zero-order valence-electron chi connectivity index (χ0n) is 11.6. The Morgan fingerprint density at radius 1 is 1.40 bits per heavy atom. The Morgan fingerprint density at radius 3 is 2.55 bits per heavy atom. The van der Waals surface area contributed by atoms with Gasteiger partial charge in [0.25, 0.3) is 0 Å². The van der Waals surface area contributed by atoms with Crippen LogP contribution in [0.5, 0.6) is 0 Å². The largest absolute Gasteiger partial charge is 0.480 e. The fourth-order valence-electron chi connectivity index (χ4n) is 2.91. The van der Waals surface area contributed by atoms with Crippen LogP contribution in [0.1, 0.15) is 18.4 Å². The molecule has 2 rings (SSSR count). The second-order valence-corrected chi connectivity index (χ2v) is 5.35. The number of rotatable bonds is 5. The minimum Gasteiger partial charge on any atom is -0.480 e. The van der Waals surface area contributed by atoms with Gasteiger partial charge in [-0.15, -0.1) is 0 Å². The summed E-state index contributed by atoms with van der Waals surface area (Å²) < 4.78 is 0. The quantitative estimate of drug-likeness (QED) is 0.772. The molecule has 1 aromatic carbocycles. The SMILES string of the molecule is CN1CCCC1(C(=O)O)C(=O)C(N)Cc1ccccc1. The number of Topliss-reactive ketones (excluding diaryl/α,β-unsaturated/α-hetero) is 1. The second kappa shape index (κ2) is 5.73. The normalized spacial score (nSPS) is 24.5. The van der Waals surface area contributed by atoms with E-state index in [9.17, 15) is 14.7 Å². The third-order valence-electron chi connectivity index (χ3n) is 4.08. The molecule has 108 valence electrons. The summed E-state index contributed by atoms with van der Waals surface area (Å²) in [5.41, 5.74) is 5.46. The topological polar surface area (TPSA) is 83.6 Å². The van der Waals surface area contributed by atoms with Crippen LogP contribution in [-0.2, 0) is 16.0 Å². The molecule has 1 heterocycles. The Kier molecular flexibility index (Phi) is 4.20. The third-order valence-corrected chi connectivity index (χ3v) is 4.08. The highest BCUT2D eigenvalue weighted by atomic mass is 16.4. The molecular formula is C15H20N2O3. The van der Waals surface area contributed by atoms with Gasteiger partial charge in [0.2, 0.25) is 0 Å². The predicted octanol–water partition coefficient (Wildman–Crippen LogP) is 0.675. The minimum atomic E-state index is -1.45. The molecular weight excluding hydrogens is 256 g/mol. The van der Waals surface area contributed by atoms with E-state index < -0.39 is 23.3 Å². The Labute approximate surface area is 118 Å². The summed E-state index contributed by atoms with van der Waals surface area (Å²) in [6.45, 7) is 0.607. The van der Waals surface area contributed by atoms with Crippen molar-refractivity contribution in [2.24, 2.45) is 5.73 Å². The summed E-state index contributed by atoms with van der Waals surface area (Å²) in [4.78, 5) is 25.8. The highest BCUT2D eigenvalue weighted by Crippen LogP contribution is 2.30. The van der Waals surface area contributed by atoms with Crippen LogP contribution in [0.4, 0.5) is 0 Å². The molecule has 0 radical (unpaired) electrons. The number of aliphatic carboxylic acids is 1. The van der Waals surface area contributed by atoms with Crippen LogP contribution in [0.2, 0.25) is 0 Å². The van der Waals surface area contributed by atoms with Gasteiger partial charge in [-0.1, -0.05) is 30.3 Å². The van der Waals surface area contributed by atoms with Crippen molar-refractivity contribution in [3.63, 3.8) is 0 Å². The first-order chi connectivity index (χ1) is 9.48. The average Bonchev–Trinajstić information content (AvgIpc) is 2.82. The maximum Gasteiger partial charge on any atom is 0.331 e. The summed E-state index contributed by atoms with van der Waals surface area (Å²) in [5.74, 6) is -1.49. The lowest BCUT2D eigenvalue weighted by Gasteiger charge is -2.32. The number of benzene rings is 1. The number of carboxylic acids is 1. The number of nitrogens with zero attached hydrogens (tertiary/aromatic N) is 1. The van der Waals surface area contributed by atoms with Crippen LogP contribution in [0.15, 0.2) is 30.3 Å². The van der Waals surface area contributed by atoms with Gasteiger partial charge in [0, 0.05) is 0 Å². The molecule has 1 aliphatic rings. The fourth-order valence-corrected chi connectivity index (χ4v) is 2.91. The van der Waals surface area contributed by atoms with E-state index in [2.05, 4.69) is 0 Å². The molecule has 0 amide bonds. The molecule has 0 bridgehead atoms. The van der Waals surface area contributed by atoms with Gasteiger partial charge in [-0.2, -0.15) is 0 Å². The van der Waals surface area contributed by atoms with E-state index in [0.717, 1.165) is 5.56 Å². The van der Waals surface area contributed by atoms with Crippen LogP contribution in [0, 0.1) is 0 Å². The first-order valence-corrected chi connectivity index (χ1v) is 6.77. The van der Waals surface area contributed by atoms with Crippen molar-refractivity contribution in [3.05, 3.63) is 35.9 Å². The van der Waals surface area contributed by atoms with E-state index >= 15 is 0 Å². The predicted molar refractivity (Wildman–Crippen MR) is 75.4 cm³/mol. The Bertz CT molecular complexity index is 503. The number of hydrogen-bond donors (Lipinski definition) is 2. The summed E-state index contributed by atoms with van der Waals surface area (Å²) >= 11 is 0. The number of hydrogen-bond acceptors (Lipinski definition) is 4. The maximum atomic E-state index is 12.6. The Hall–Kier alpha value is -1.72. The fraction of sp³-hybridized carbons (Fsp3) is 0.467. The lowest BCUT2D eigenvalue weighted by atomic mass is 9.85. The first-order valence-electron chi connectivity index (χ1n) is 6.77. The number of likely N-dealkylation sites (N-methyl/N-ethyl adjacent to an activating group) is 1. The Morgan fingerprint density at radius 2 is 2.05 bits per heavy atom. The molecule has 1 aliphatic heterocycles. The highest BCUT2D eigenvalue weighted by Gasteiger charge is 2.53. The molecule has 0 aromatic heterocycles. The molecule has 3 N–H and O–H groups in total. The van der Waals surface area contributed by atoms with Gasteiger partial charge < -0.3 is 10.8 Å². The van der Waals surface area contributed by atoms with Gasteiger partial charge in [0.1, 0.15) is 0 Å². The van der Waals surface area contributed by atoms with Crippen LogP contribution in [-0.4, -0.2) is 46.9 Å². The van der Waals surface area contributed by atoms with Crippen molar-refractivity contribution in [1.82, 2.24) is 4.90 Å². The number of nitrogens with two attached hydrogens (primary N) is 1. The maximum absolute atomic E-state index is 12.6. The zero-order chi connectivity index (χ0) is 14.8. The summed E-state index contributed by atoms with van der Waals surface area (Å²) in [5, 5.41) is 9.50. The van der Waals surface area contributed by atoms with Crippen molar-refractivity contribution >= 4 is 11.8 Å². The molecule has 2 atom stereocenters. The molecule has 20 heavy (non-hydrogen) atoms. The van der Waals surface area contributed by atoms with Gasteiger partial charge >= 0.3 is 5.97 Å². The standard InChI is InChI=1S/C15H20N2O3/c1-17-9-5-8-15(17,14(19)20)13(18)12(16)10-11-6-3-2-4-7-11/h2-4,6-7,12H,5,8-10,16H2,1H3,(H,19,20). The van der Waals surface area contributed by atoms with Crippen molar-refractivity contribution in [3.8, 4) is 0 Å². The number of carbonyl (C=O) groups is 2. The van der Waals surface area contributed by atoms with Gasteiger partial charge in [-0.05, 0) is 38.4 Å². The number of carbonyl (C=O) groups excluding carboxylic acids is 1. The summed E-state index contributed by atoms with van der Waals surface area (Å²) in [7, 11) is 1.67. The van der Waals surface area contributed by atoms with Gasteiger partial charge in [-0.25, -0.2) is 4.79 Å². The van der Waals surface area contributed by atoms with Crippen LogP contribution in [0.25, 0.3) is 0 Å². The minimum absolute atomic E-state index is 0.333. The van der Waals surface area contributed by atoms with Crippen molar-refractivity contribution < 1.29 is 14.7 Å². The molecule has 5 nitrogen and oxygen atoms in total. The smallest absolute Gasteiger partial charge is 0.331 e. The van der Waals surface area contributed by atoms with E-state index in [1.807, 2.05) is 30.3 Å². The van der Waals surface area contributed by atoms with Gasteiger partial charge in [-0.3, -0.25) is 9.69 Å². The molecule has 1 fully saturated rings. The van der Waals surface area contributed by atoms with Crippen molar-refractivity contribution in [2.45, 2.75) is 30.8 Å². The van der Waals surface area contributed by atoms with E-state index in [1.54, 1.807) is 11.9 Å². The van der Waals surface area contributed by atoms with Crippen molar-refractivity contribution in [1.29, 1.82) is 0 Å². The number of carboxylic acid groups (broad SMARTS) is 1. The van der Waals surface area contributed by atoms with E-state index in [1.165, 1.54) is 0 Å². The molecule has 5 heteroatoms. The van der Waals surface area contributed by atoms with Gasteiger partial charge in [0.15, 0.2) is 11.3 Å². The van der Waals surface area contributed by atoms with Crippen LogP contribution < -0.4 is 5.73 Å². The second-order valence-electron chi connectivity index (χ2n) is 5.35. The lowest BCUT2D eigenvalue weighted by molar-refractivity contribution is -0.155. The molecule has 0 aliphatic carbocycles. The zero-order valence-corrected chi connectivity index (χ0v) is 11.6. The summed E-state index contributed by atoms with van der Waals surface area (Å²) in [6, 6.07) is 8.62. The Balaban J connectivity index is 2.18. The van der Waals surface area contributed by atoms with Crippen LogP contribution >= 0.6 is 0 Å². The van der Waals surface area contributed by atoms with Gasteiger partial charge in [0.05, 0.1) is 6.04 Å². The molecule has 2 unspecified atom stereocenters. The van der Waals surface area contributed by atoms with Crippen molar-refractivity contribution in [2.75, 3.05) is 13.6 Å². The summed E-state index contributed by atoms with van der Waals surface area (Å²) in [6.07, 6.45) is 1.40. The van der Waals surface area contributed by atoms with Crippen LogP contribution in [0.3, 0.4) is 0 Å². The molecule has 1 aromatic rings. The van der Waals surface area contributed by atoms with E-state index in [0.29, 0.717) is 25.8 Å². The highest BCUT2D eigenvalue weighted by molar-refractivity contribution is 6.10. The molecule has 0 saturated carbocycles. The van der Waals surface area contributed by atoms with E-state index in [4.69, 9.17) is 5.73 Å².